The summed E-state index contributed by atoms with van der Waals surface area (Å²) in [5.74, 6) is 2.71. The SMILES string of the molecule is C[C@H]1CS[C@@H](C)CS1. The monoisotopic (exact) mass is 148 g/mol. The number of hydrogen-bond donors (Lipinski definition) is 0. The van der Waals surface area contributed by atoms with E-state index in [0.29, 0.717) is 0 Å². The van der Waals surface area contributed by atoms with E-state index in [-0.39, 0.29) is 0 Å². The van der Waals surface area contributed by atoms with E-state index in [2.05, 4.69) is 37.4 Å². The Morgan fingerprint density at radius 1 is 1.00 bits per heavy atom. The van der Waals surface area contributed by atoms with E-state index in [1.807, 2.05) is 0 Å². The van der Waals surface area contributed by atoms with Crippen LogP contribution in [0.5, 0.6) is 0 Å². The Labute approximate surface area is 59.8 Å². The average molecular weight is 148 g/mol. The van der Waals surface area contributed by atoms with Crippen LogP contribution in [0.15, 0.2) is 0 Å². The van der Waals surface area contributed by atoms with Gasteiger partial charge in [0, 0.05) is 22.0 Å². The minimum Gasteiger partial charge on any atom is -0.157 e. The van der Waals surface area contributed by atoms with Crippen molar-refractivity contribution in [1.29, 1.82) is 0 Å². The third-order valence-electron chi connectivity index (χ3n) is 1.23. The maximum absolute atomic E-state index is 2.31. The number of hydrogen-bond acceptors (Lipinski definition) is 2. The Hall–Kier alpha value is 0.700. The summed E-state index contributed by atoms with van der Waals surface area (Å²) >= 11 is 4.21. The molecule has 0 unspecified atom stereocenters. The first-order valence-corrected chi connectivity index (χ1v) is 5.12. The summed E-state index contributed by atoms with van der Waals surface area (Å²) in [6.45, 7) is 4.62. The molecule has 0 radical (unpaired) electrons. The highest BCUT2D eigenvalue weighted by atomic mass is 32.2. The largest absolute Gasteiger partial charge is 0.157 e. The molecule has 2 atom stereocenters. The molecule has 0 aromatic carbocycles. The van der Waals surface area contributed by atoms with Gasteiger partial charge in [0.25, 0.3) is 0 Å². The minimum absolute atomic E-state index is 0.899. The van der Waals surface area contributed by atoms with Crippen molar-refractivity contribution in [2.45, 2.75) is 24.3 Å². The summed E-state index contributed by atoms with van der Waals surface area (Å²) in [6, 6.07) is 0. The molecule has 0 saturated carbocycles. The van der Waals surface area contributed by atoms with Crippen molar-refractivity contribution in [1.82, 2.24) is 0 Å². The van der Waals surface area contributed by atoms with Crippen molar-refractivity contribution in [3.8, 4) is 0 Å². The second-order valence-electron chi connectivity index (χ2n) is 2.29. The molecule has 1 aliphatic heterocycles. The molecule has 0 amide bonds. The van der Waals surface area contributed by atoms with E-state index < -0.39 is 0 Å². The molecule has 1 heterocycles. The van der Waals surface area contributed by atoms with E-state index >= 15 is 0 Å². The average Bonchev–Trinajstić information content (AvgIpc) is 1.77. The van der Waals surface area contributed by atoms with Gasteiger partial charge < -0.3 is 0 Å². The second-order valence-corrected chi connectivity index (χ2v) is 5.23. The zero-order chi connectivity index (χ0) is 5.98. The fraction of sp³-hybridized carbons (Fsp3) is 1.00. The van der Waals surface area contributed by atoms with Gasteiger partial charge >= 0.3 is 0 Å². The van der Waals surface area contributed by atoms with Crippen LogP contribution in [0.3, 0.4) is 0 Å². The Morgan fingerprint density at radius 2 is 1.38 bits per heavy atom. The molecule has 48 valence electrons. The lowest BCUT2D eigenvalue weighted by molar-refractivity contribution is 1.04. The first kappa shape index (κ1) is 6.81. The van der Waals surface area contributed by atoms with Gasteiger partial charge in [0.05, 0.1) is 0 Å². The van der Waals surface area contributed by atoms with Gasteiger partial charge in [0.1, 0.15) is 0 Å². The lowest BCUT2D eigenvalue weighted by Gasteiger charge is -2.21. The predicted octanol–water partition coefficient (Wildman–Crippen LogP) is 2.24. The molecular formula is C6H12S2. The zero-order valence-electron chi connectivity index (χ0n) is 5.39. The van der Waals surface area contributed by atoms with E-state index in [0.717, 1.165) is 10.5 Å². The normalized spacial score (nSPS) is 39.8. The quantitative estimate of drug-likeness (QED) is 0.517. The van der Waals surface area contributed by atoms with Crippen molar-refractivity contribution in [2.75, 3.05) is 11.5 Å². The van der Waals surface area contributed by atoms with Gasteiger partial charge in [-0.05, 0) is 0 Å². The summed E-state index contributed by atoms with van der Waals surface area (Å²) in [6.07, 6.45) is 0. The van der Waals surface area contributed by atoms with Crippen LogP contribution in [0.1, 0.15) is 13.8 Å². The van der Waals surface area contributed by atoms with Crippen molar-refractivity contribution < 1.29 is 0 Å². The summed E-state index contributed by atoms with van der Waals surface area (Å²) in [5.41, 5.74) is 0. The van der Waals surface area contributed by atoms with Crippen LogP contribution in [0.4, 0.5) is 0 Å². The Bertz CT molecular complexity index is 54.9. The van der Waals surface area contributed by atoms with Crippen molar-refractivity contribution in [3.05, 3.63) is 0 Å². The van der Waals surface area contributed by atoms with Gasteiger partial charge in [-0.2, -0.15) is 23.5 Å². The highest BCUT2D eigenvalue weighted by molar-refractivity contribution is 8.07. The first-order chi connectivity index (χ1) is 3.79. The van der Waals surface area contributed by atoms with E-state index in [1.54, 1.807) is 0 Å². The van der Waals surface area contributed by atoms with Crippen LogP contribution in [0, 0.1) is 0 Å². The van der Waals surface area contributed by atoms with Gasteiger partial charge in [-0.3, -0.25) is 0 Å². The summed E-state index contributed by atoms with van der Waals surface area (Å²) in [7, 11) is 0. The fourth-order valence-electron chi connectivity index (χ4n) is 0.696. The fourth-order valence-corrected chi connectivity index (χ4v) is 3.14. The van der Waals surface area contributed by atoms with Gasteiger partial charge in [0.15, 0.2) is 0 Å². The van der Waals surface area contributed by atoms with Crippen molar-refractivity contribution >= 4 is 23.5 Å². The third-order valence-corrected chi connectivity index (χ3v) is 4.51. The topological polar surface area (TPSA) is 0 Å². The van der Waals surface area contributed by atoms with Crippen LogP contribution in [-0.2, 0) is 0 Å². The second kappa shape index (κ2) is 3.02. The van der Waals surface area contributed by atoms with Gasteiger partial charge in [-0.1, -0.05) is 13.8 Å². The van der Waals surface area contributed by atoms with Crippen LogP contribution in [-0.4, -0.2) is 22.0 Å². The molecule has 1 aliphatic rings. The van der Waals surface area contributed by atoms with Gasteiger partial charge in [0.2, 0.25) is 0 Å². The Kier molecular flexibility index (Phi) is 2.57. The first-order valence-electron chi connectivity index (χ1n) is 3.02. The smallest absolute Gasteiger partial charge is 0.0110 e. The molecule has 1 saturated heterocycles. The highest BCUT2D eigenvalue weighted by Gasteiger charge is 2.13. The molecule has 8 heavy (non-hydrogen) atoms. The molecule has 0 aliphatic carbocycles. The molecule has 0 spiro atoms. The van der Waals surface area contributed by atoms with E-state index in [9.17, 15) is 0 Å². The third kappa shape index (κ3) is 1.90. The number of thioether (sulfide) groups is 2. The molecule has 0 aromatic heterocycles. The molecule has 0 aromatic rings. The van der Waals surface area contributed by atoms with Crippen LogP contribution >= 0.6 is 23.5 Å². The maximum atomic E-state index is 2.31. The molecule has 0 nitrogen and oxygen atoms in total. The van der Waals surface area contributed by atoms with Gasteiger partial charge in [-0.25, -0.2) is 0 Å². The van der Waals surface area contributed by atoms with E-state index in [1.165, 1.54) is 11.5 Å². The maximum Gasteiger partial charge on any atom is 0.0110 e. The highest BCUT2D eigenvalue weighted by Crippen LogP contribution is 2.28. The van der Waals surface area contributed by atoms with Crippen molar-refractivity contribution in [3.63, 3.8) is 0 Å². The lowest BCUT2D eigenvalue weighted by atomic mass is 10.5. The molecular weight excluding hydrogens is 136 g/mol. The summed E-state index contributed by atoms with van der Waals surface area (Å²) in [4.78, 5) is 0. The van der Waals surface area contributed by atoms with E-state index in [4.69, 9.17) is 0 Å². The molecule has 1 fully saturated rings. The lowest BCUT2D eigenvalue weighted by Crippen LogP contribution is -2.15. The molecule has 0 bridgehead atoms. The molecule has 1 rings (SSSR count). The minimum atomic E-state index is 0.899. The van der Waals surface area contributed by atoms with Crippen molar-refractivity contribution in [2.24, 2.45) is 0 Å². The molecule has 2 heteroatoms. The van der Waals surface area contributed by atoms with Crippen LogP contribution in [0.2, 0.25) is 0 Å². The zero-order valence-corrected chi connectivity index (χ0v) is 7.02. The van der Waals surface area contributed by atoms with Crippen LogP contribution < -0.4 is 0 Å². The summed E-state index contributed by atoms with van der Waals surface area (Å²) in [5, 5.41) is 1.80. The number of rotatable bonds is 0. The Morgan fingerprint density at radius 3 is 1.62 bits per heavy atom. The van der Waals surface area contributed by atoms with Crippen LogP contribution in [0.25, 0.3) is 0 Å². The Balaban J connectivity index is 2.19. The van der Waals surface area contributed by atoms with Gasteiger partial charge in [-0.15, -0.1) is 0 Å². The standard InChI is InChI=1S/C6H12S2/c1-5-3-8-6(2)4-7-5/h5-6H,3-4H2,1-2H3/t5-,6-/m0/s1. The summed E-state index contributed by atoms with van der Waals surface area (Å²) < 4.78 is 0. The molecule has 0 N–H and O–H groups in total. The predicted molar refractivity (Wildman–Crippen MR) is 43.8 cm³/mol.